The van der Waals surface area contributed by atoms with E-state index in [1.54, 1.807) is 6.07 Å². The van der Waals surface area contributed by atoms with Gasteiger partial charge in [0, 0.05) is 6.54 Å². The van der Waals surface area contributed by atoms with Crippen molar-refractivity contribution in [1.82, 2.24) is 15.2 Å². The van der Waals surface area contributed by atoms with Crippen LogP contribution in [0.15, 0.2) is 12.3 Å². The zero-order valence-electron chi connectivity index (χ0n) is 10.5. The molecule has 0 amide bonds. The van der Waals surface area contributed by atoms with Gasteiger partial charge in [0.05, 0.1) is 36.4 Å². The first-order chi connectivity index (χ1) is 9.16. The molecule has 0 aromatic carbocycles. The molecule has 1 fully saturated rings. The molecule has 7 heteroatoms. The number of morpholine rings is 1. The molecular formula is C12H14N4O3. The van der Waals surface area contributed by atoms with Gasteiger partial charge in [-0.3, -0.25) is 5.10 Å². The van der Waals surface area contributed by atoms with Gasteiger partial charge in [0.1, 0.15) is 5.82 Å². The number of H-pyrrole nitrogens is 1. The summed E-state index contributed by atoms with van der Waals surface area (Å²) in [6.07, 6.45) is 1.48. The number of carbonyl (C=O) groups is 1. The summed E-state index contributed by atoms with van der Waals surface area (Å²) in [5.74, 6) is -0.332. The maximum atomic E-state index is 11.3. The highest BCUT2D eigenvalue weighted by atomic mass is 16.5. The van der Waals surface area contributed by atoms with Crippen LogP contribution in [0.4, 0.5) is 5.82 Å². The number of aromatic carboxylic acids is 1. The van der Waals surface area contributed by atoms with Crippen LogP contribution in [0.1, 0.15) is 17.3 Å². The van der Waals surface area contributed by atoms with Gasteiger partial charge in [-0.05, 0) is 13.0 Å². The van der Waals surface area contributed by atoms with Crippen LogP contribution in [0.2, 0.25) is 0 Å². The third kappa shape index (κ3) is 2.01. The van der Waals surface area contributed by atoms with E-state index in [0.29, 0.717) is 36.6 Å². The molecule has 1 atom stereocenters. The van der Waals surface area contributed by atoms with Gasteiger partial charge in [0.2, 0.25) is 0 Å². The Morgan fingerprint density at radius 1 is 1.63 bits per heavy atom. The molecule has 0 bridgehead atoms. The van der Waals surface area contributed by atoms with Gasteiger partial charge in [-0.25, -0.2) is 9.78 Å². The van der Waals surface area contributed by atoms with E-state index in [0.717, 1.165) is 0 Å². The summed E-state index contributed by atoms with van der Waals surface area (Å²) in [5.41, 5.74) is 0.709. The quantitative estimate of drug-likeness (QED) is 0.834. The molecule has 3 heterocycles. The van der Waals surface area contributed by atoms with E-state index < -0.39 is 5.97 Å². The van der Waals surface area contributed by atoms with Crippen molar-refractivity contribution < 1.29 is 14.6 Å². The Morgan fingerprint density at radius 3 is 3.21 bits per heavy atom. The summed E-state index contributed by atoms with van der Waals surface area (Å²) in [6.45, 7) is 3.96. The Labute approximate surface area is 109 Å². The Hall–Kier alpha value is -2.15. The van der Waals surface area contributed by atoms with Gasteiger partial charge < -0.3 is 14.7 Å². The second kappa shape index (κ2) is 4.51. The molecule has 2 aromatic heterocycles. The van der Waals surface area contributed by atoms with Crippen LogP contribution < -0.4 is 4.90 Å². The molecule has 7 nitrogen and oxygen atoms in total. The van der Waals surface area contributed by atoms with E-state index in [9.17, 15) is 9.90 Å². The maximum absolute atomic E-state index is 11.3. The second-order valence-corrected chi connectivity index (χ2v) is 4.58. The van der Waals surface area contributed by atoms with Gasteiger partial charge in [-0.1, -0.05) is 0 Å². The maximum Gasteiger partial charge on any atom is 0.336 e. The minimum Gasteiger partial charge on any atom is -0.478 e. The zero-order valence-corrected chi connectivity index (χ0v) is 10.5. The van der Waals surface area contributed by atoms with Crippen molar-refractivity contribution in [2.75, 3.05) is 24.7 Å². The first-order valence-corrected chi connectivity index (χ1v) is 6.08. The van der Waals surface area contributed by atoms with Gasteiger partial charge in [-0.2, -0.15) is 5.10 Å². The summed E-state index contributed by atoms with van der Waals surface area (Å²) >= 11 is 0. The van der Waals surface area contributed by atoms with Crippen LogP contribution in [0, 0.1) is 0 Å². The lowest BCUT2D eigenvalue weighted by molar-refractivity contribution is 0.0699. The van der Waals surface area contributed by atoms with E-state index in [1.807, 2.05) is 6.92 Å². The Kier molecular flexibility index (Phi) is 2.83. The Balaban J connectivity index is 2.10. The molecule has 1 saturated heterocycles. The van der Waals surface area contributed by atoms with Crippen LogP contribution in [0.5, 0.6) is 0 Å². The predicted molar refractivity (Wildman–Crippen MR) is 68.5 cm³/mol. The molecule has 19 heavy (non-hydrogen) atoms. The Bertz CT molecular complexity index is 624. The molecule has 1 aliphatic heterocycles. The van der Waals surface area contributed by atoms with Crippen molar-refractivity contribution in [2.45, 2.75) is 13.0 Å². The third-order valence-electron chi connectivity index (χ3n) is 3.30. The van der Waals surface area contributed by atoms with Crippen molar-refractivity contribution in [3.63, 3.8) is 0 Å². The number of hydrogen-bond donors (Lipinski definition) is 2. The fourth-order valence-corrected chi connectivity index (χ4v) is 2.31. The Morgan fingerprint density at radius 2 is 2.47 bits per heavy atom. The number of aromatic nitrogens is 3. The molecule has 0 unspecified atom stereocenters. The van der Waals surface area contributed by atoms with Gasteiger partial charge in [0.15, 0.2) is 5.65 Å². The summed E-state index contributed by atoms with van der Waals surface area (Å²) in [5, 5.41) is 16.4. The van der Waals surface area contributed by atoms with E-state index in [-0.39, 0.29) is 11.6 Å². The van der Waals surface area contributed by atoms with Crippen molar-refractivity contribution in [3.05, 3.63) is 17.8 Å². The van der Waals surface area contributed by atoms with E-state index >= 15 is 0 Å². The largest absolute Gasteiger partial charge is 0.478 e. The lowest BCUT2D eigenvalue weighted by atomic mass is 10.1. The normalized spacial score (nSPS) is 19.8. The molecule has 0 aliphatic carbocycles. The smallest absolute Gasteiger partial charge is 0.336 e. The van der Waals surface area contributed by atoms with E-state index in [1.165, 1.54) is 6.20 Å². The molecule has 100 valence electrons. The monoisotopic (exact) mass is 262 g/mol. The lowest BCUT2D eigenvalue weighted by Gasteiger charge is -2.34. The minimum atomic E-state index is -0.976. The number of nitrogens with one attached hydrogen (secondary N) is 1. The average Bonchev–Trinajstić information content (AvgIpc) is 2.86. The number of nitrogens with zero attached hydrogens (tertiary/aromatic N) is 3. The first-order valence-electron chi connectivity index (χ1n) is 6.08. The summed E-state index contributed by atoms with van der Waals surface area (Å²) in [7, 11) is 0. The van der Waals surface area contributed by atoms with Crippen molar-refractivity contribution >= 4 is 22.8 Å². The molecule has 0 saturated carbocycles. The first kappa shape index (κ1) is 11.9. The number of pyridine rings is 1. The minimum absolute atomic E-state index is 0.170. The van der Waals surface area contributed by atoms with Crippen molar-refractivity contribution in [1.29, 1.82) is 0 Å². The highest BCUT2D eigenvalue weighted by molar-refractivity contribution is 6.02. The number of fused-ring (bicyclic) bond motifs is 1. The summed E-state index contributed by atoms with van der Waals surface area (Å²) in [6, 6.07) is 1.77. The second-order valence-electron chi connectivity index (χ2n) is 4.58. The number of carboxylic acid groups (broad SMARTS) is 1. The van der Waals surface area contributed by atoms with Gasteiger partial charge in [0.25, 0.3) is 0 Å². The number of carboxylic acids is 1. The van der Waals surface area contributed by atoms with Crippen LogP contribution in [0.25, 0.3) is 11.0 Å². The van der Waals surface area contributed by atoms with Crippen molar-refractivity contribution in [3.8, 4) is 0 Å². The number of hydrogen-bond acceptors (Lipinski definition) is 5. The molecule has 1 aliphatic rings. The SMILES string of the molecule is C[C@@H]1COCCN1c1cc(C(=O)O)c2cn[nH]c2n1. The van der Waals surface area contributed by atoms with Gasteiger partial charge >= 0.3 is 5.97 Å². The highest BCUT2D eigenvalue weighted by Crippen LogP contribution is 2.24. The summed E-state index contributed by atoms with van der Waals surface area (Å²) < 4.78 is 5.38. The molecule has 0 radical (unpaired) electrons. The number of rotatable bonds is 2. The van der Waals surface area contributed by atoms with Crippen LogP contribution in [0.3, 0.4) is 0 Å². The van der Waals surface area contributed by atoms with Crippen LogP contribution in [-0.4, -0.2) is 52.1 Å². The molecule has 0 spiro atoms. The zero-order chi connectivity index (χ0) is 13.4. The molecule has 2 N–H and O–H groups in total. The predicted octanol–water partition coefficient (Wildman–Crippen LogP) is 0.881. The van der Waals surface area contributed by atoms with Crippen LogP contribution >= 0.6 is 0 Å². The fraction of sp³-hybridized carbons (Fsp3) is 0.417. The highest BCUT2D eigenvalue weighted by Gasteiger charge is 2.23. The number of aromatic amines is 1. The topological polar surface area (TPSA) is 91.3 Å². The standard InChI is InChI=1S/C12H14N4O3/c1-7-6-19-3-2-16(7)10-4-8(12(17)18)9-5-13-15-11(9)14-10/h4-5,7H,2-3,6H2,1H3,(H,17,18)(H,13,14,15)/t7-/m1/s1. The third-order valence-corrected chi connectivity index (χ3v) is 3.30. The molecule has 3 rings (SSSR count). The fourth-order valence-electron chi connectivity index (χ4n) is 2.31. The van der Waals surface area contributed by atoms with E-state index in [4.69, 9.17) is 4.74 Å². The van der Waals surface area contributed by atoms with Crippen LogP contribution in [-0.2, 0) is 4.74 Å². The molecular weight excluding hydrogens is 248 g/mol. The van der Waals surface area contributed by atoms with E-state index in [2.05, 4.69) is 20.1 Å². The lowest BCUT2D eigenvalue weighted by Crippen LogP contribution is -2.44. The number of anilines is 1. The average molecular weight is 262 g/mol. The van der Waals surface area contributed by atoms with Crippen molar-refractivity contribution in [2.24, 2.45) is 0 Å². The number of ether oxygens (including phenoxy) is 1. The van der Waals surface area contributed by atoms with Gasteiger partial charge in [-0.15, -0.1) is 0 Å². The summed E-state index contributed by atoms with van der Waals surface area (Å²) in [4.78, 5) is 17.8. The molecule has 2 aromatic rings.